The van der Waals surface area contributed by atoms with Crippen LogP contribution in [0.15, 0.2) is 64.5 Å². The third kappa shape index (κ3) is 9.54. The molecule has 0 fully saturated rings. The Morgan fingerprint density at radius 2 is 1.62 bits per heavy atom. The minimum Gasteiger partial charge on any atom is -0.357 e. The van der Waals surface area contributed by atoms with E-state index in [0.29, 0.717) is 23.9 Å². The summed E-state index contributed by atoms with van der Waals surface area (Å²) in [5, 5.41) is 9.92. The van der Waals surface area contributed by atoms with Gasteiger partial charge in [0.15, 0.2) is 5.96 Å². The van der Waals surface area contributed by atoms with Gasteiger partial charge in [0.05, 0.1) is 6.54 Å². The third-order valence-corrected chi connectivity index (χ3v) is 5.07. The highest BCUT2D eigenvalue weighted by molar-refractivity contribution is 14.0. The predicted octanol–water partition coefficient (Wildman–Crippen LogP) is 4.29. The van der Waals surface area contributed by atoms with E-state index in [1.807, 2.05) is 49.0 Å². The van der Waals surface area contributed by atoms with Crippen molar-refractivity contribution in [1.29, 1.82) is 0 Å². The first kappa shape index (κ1) is 25.3. The molecule has 5 nitrogen and oxygen atoms in total. The predicted molar refractivity (Wildman–Crippen MR) is 134 cm³/mol. The number of thioether (sulfide) groups is 1. The number of guanidine groups is 1. The van der Waals surface area contributed by atoms with Crippen molar-refractivity contribution in [3.05, 3.63) is 65.7 Å². The first-order valence-corrected chi connectivity index (χ1v) is 10.6. The summed E-state index contributed by atoms with van der Waals surface area (Å²) >= 11 is 1.84. The number of nitrogens with zero attached hydrogens (tertiary/aromatic N) is 1. The first-order chi connectivity index (χ1) is 13.6. The van der Waals surface area contributed by atoms with E-state index >= 15 is 0 Å². The van der Waals surface area contributed by atoms with Crippen LogP contribution >= 0.6 is 35.7 Å². The van der Waals surface area contributed by atoms with E-state index in [2.05, 4.69) is 59.1 Å². The van der Waals surface area contributed by atoms with Crippen LogP contribution in [0.2, 0.25) is 0 Å². The number of benzene rings is 2. The molecule has 0 bridgehead atoms. The molecular formula is C22H31IN4OS. The van der Waals surface area contributed by atoms with Crippen molar-refractivity contribution in [3.63, 3.8) is 0 Å². The van der Waals surface area contributed by atoms with Crippen LogP contribution in [0.4, 0.5) is 0 Å². The molecule has 0 aliphatic rings. The zero-order valence-corrected chi connectivity index (χ0v) is 20.4. The van der Waals surface area contributed by atoms with Crippen LogP contribution in [0.3, 0.4) is 0 Å². The van der Waals surface area contributed by atoms with Gasteiger partial charge >= 0.3 is 0 Å². The van der Waals surface area contributed by atoms with Crippen LogP contribution in [0.5, 0.6) is 0 Å². The van der Waals surface area contributed by atoms with Gasteiger partial charge in [-0.15, -0.1) is 35.7 Å². The molecule has 2 aromatic rings. The highest BCUT2D eigenvalue weighted by Gasteiger charge is 2.06. The SMILES string of the molecule is CCNC(=O)c1ccc(CN=C(NCC)NCC(C)Sc2ccccc2)cc1.I. The Morgan fingerprint density at radius 3 is 2.24 bits per heavy atom. The van der Waals surface area contributed by atoms with E-state index in [1.54, 1.807) is 0 Å². The number of rotatable bonds is 9. The molecule has 158 valence electrons. The molecule has 2 rings (SSSR count). The van der Waals surface area contributed by atoms with Gasteiger partial charge in [-0.3, -0.25) is 4.79 Å². The molecule has 0 aliphatic heterocycles. The Kier molecular flexibility index (Phi) is 12.5. The average molecular weight is 526 g/mol. The van der Waals surface area contributed by atoms with Crippen LogP contribution in [0, 0.1) is 0 Å². The maximum absolute atomic E-state index is 11.8. The van der Waals surface area contributed by atoms with Crippen molar-refractivity contribution >= 4 is 47.6 Å². The van der Waals surface area contributed by atoms with Crippen molar-refractivity contribution in [1.82, 2.24) is 16.0 Å². The van der Waals surface area contributed by atoms with Gasteiger partial charge in [-0.1, -0.05) is 37.3 Å². The van der Waals surface area contributed by atoms with E-state index in [9.17, 15) is 4.79 Å². The Balaban J connectivity index is 0.00000420. The van der Waals surface area contributed by atoms with E-state index in [1.165, 1.54) is 4.90 Å². The van der Waals surface area contributed by atoms with E-state index in [0.717, 1.165) is 24.6 Å². The summed E-state index contributed by atoms with van der Waals surface area (Å²) in [7, 11) is 0. The maximum Gasteiger partial charge on any atom is 0.251 e. The quantitative estimate of drug-likeness (QED) is 0.198. The normalized spacial score (nSPS) is 11.9. The topological polar surface area (TPSA) is 65.5 Å². The van der Waals surface area contributed by atoms with E-state index < -0.39 is 0 Å². The number of hydrogen-bond donors (Lipinski definition) is 3. The molecule has 1 amide bonds. The lowest BCUT2D eigenvalue weighted by Crippen LogP contribution is -2.40. The Hall–Kier alpha value is -1.74. The fraction of sp³-hybridized carbons (Fsp3) is 0.364. The molecule has 1 unspecified atom stereocenters. The van der Waals surface area contributed by atoms with Crippen molar-refractivity contribution in [2.24, 2.45) is 4.99 Å². The largest absolute Gasteiger partial charge is 0.357 e. The highest BCUT2D eigenvalue weighted by atomic mass is 127. The third-order valence-electron chi connectivity index (χ3n) is 3.95. The number of carbonyl (C=O) groups is 1. The van der Waals surface area contributed by atoms with Gasteiger partial charge in [0.2, 0.25) is 0 Å². The molecule has 2 aromatic carbocycles. The molecule has 0 aliphatic carbocycles. The number of aliphatic imine (C=N–C) groups is 1. The molecule has 0 radical (unpaired) electrons. The molecule has 0 spiro atoms. The van der Waals surface area contributed by atoms with Crippen molar-refractivity contribution in [3.8, 4) is 0 Å². The van der Waals surface area contributed by atoms with Gasteiger partial charge in [-0.2, -0.15) is 0 Å². The summed E-state index contributed by atoms with van der Waals surface area (Å²) in [6.07, 6.45) is 0. The number of nitrogens with one attached hydrogen (secondary N) is 3. The average Bonchev–Trinajstić information content (AvgIpc) is 2.71. The summed E-state index contributed by atoms with van der Waals surface area (Å²) in [6, 6.07) is 18.0. The minimum absolute atomic E-state index is 0. The van der Waals surface area contributed by atoms with Gasteiger partial charge in [0.25, 0.3) is 5.91 Å². The van der Waals surface area contributed by atoms with Gasteiger partial charge in [0.1, 0.15) is 0 Å². The summed E-state index contributed by atoms with van der Waals surface area (Å²) in [5.74, 6) is 0.758. The van der Waals surface area contributed by atoms with E-state index in [-0.39, 0.29) is 29.9 Å². The maximum atomic E-state index is 11.8. The number of halogens is 1. The Morgan fingerprint density at radius 1 is 0.966 bits per heavy atom. The van der Waals surface area contributed by atoms with Gasteiger partial charge in [-0.05, 0) is 43.7 Å². The first-order valence-electron chi connectivity index (χ1n) is 9.73. The minimum atomic E-state index is -0.0440. The molecule has 0 aromatic heterocycles. The second kappa shape index (κ2) is 14.3. The van der Waals surface area contributed by atoms with Crippen LogP contribution in [0.25, 0.3) is 0 Å². The smallest absolute Gasteiger partial charge is 0.251 e. The summed E-state index contributed by atoms with van der Waals surface area (Å²) in [5.41, 5.74) is 1.74. The molecule has 0 saturated heterocycles. The lowest BCUT2D eigenvalue weighted by molar-refractivity contribution is 0.0956. The lowest BCUT2D eigenvalue weighted by Gasteiger charge is -2.15. The van der Waals surface area contributed by atoms with Gasteiger partial charge < -0.3 is 16.0 Å². The molecule has 0 saturated carbocycles. The van der Waals surface area contributed by atoms with E-state index in [4.69, 9.17) is 0 Å². The second-order valence-corrected chi connectivity index (χ2v) is 7.89. The van der Waals surface area contributed by atoms with Crippen molar-refractivity contribution in [2.45, 2.75) is 37.5 Å². The van der Waals surface area contributed by atoms with Crippen molar-refractivity contribution in [2.75, 3.05) is 19.6 Å². The second-order valence-electron chi connectivity index (χ2n) is 6.37. The highest BCUT2D eigenvalue weighted by Crippen LogP contribution is 2.21. The lowest BCUT2D eigenvalue weighted by atomic mass is 10.1. The molecular weight excluding hydrogens is 495 g/mol. The van der Waals surface area contributed by atoms with Crippen LogP contribution < -0.4 is 16.0 Å². The number of carbonyl (C=O) groups excluding carboxylic acids is 1. The van der Waals surface area contributed by atoms with Crippen LogP contribution in [-0.2, 0) is 6.54 Å². The molecule has 7 heteroatoms. The fourth-order valence-corrected chi connectivity index (χ4v) is 3.50. The summed E-state index contributed by atoms with van der Waals surface area (Å²) in [6.45, 7) is 8.99. The number of hydrogen-bond acceptors (Lipinski definition) is 3. The molecule has 3 N–H and O–H groups in total. The van der Waals surface area contributed by atoms with Gasteiger partial charge in [-0.25, -0.2) is 4.99 Å². The zero-order valence-electron chi connectivity index (χ0n) is 17.3. The Bertz CT molecular complexity index is 753. The summed E-state index contributed by atoms with van der Waals surface area (Å²) < 4.78 is 0. The van der Waals surface area contributed by atoms with Crippen LogP contribution in [-0.4, -0.2) is 36.8 Å². The standard InChI is InChI=1S/C22H30N4OS.HI/c1-4-23-21(27)19-13-11-18(12-14-19)16-26-22(24-5-2)25-15-17(3)28-20-9-7-6-8-10-20;/h6-14,17H,4-5,15-16H2,1-3H3,(H,23,27)(H2,24,25,26);1H. The number of amides is 1. The Labute approximate surface area is 195 Å². The van der Waals surface area contributed by atoms with Crippen molar-refractivity contribution < 1.29 is 4.79 Å². The monoisotopic (exact) mass is 526 g/mol. The summed E-state index contributed by atoms with van der Waals surface area (Å²) in [4.78, 5) is 17.8. The molecule has 0 heterocycles. The fourth-order valence-electron chi connectivity index (χ4n) is 2.55. The molecule has 1 atom stereocenters. The molecule has 29 heavy (non-hydrogen) atoms. The zero-order chi connectivity index (χ0) is 20.2. The van der Waals surface area contributed by atoms with Crippen LogP contribution in [0.1, 0.15) is 36.7 Å². The van der Waals surface area contributed by atoms with Gasteiger partial charge in [0, 0.05) is 35.3 Å².